The zero-order valence-corrected chi connectivity index (χ0v) is 16.2. The molecule has 2 heterocycles. The van der Waals surface area contributed by atoms with Crippen molar-refractivity contribution in [2.45, 2.75) is 58.0 Å². The third kappa shape index (κ3) is 3.28. The lowest BCUT2D eigenvalue weighted by molar-refractivity contribution is -0.134. The van der Waals surface area contributed by atoms with E-state index in [1.54, 1.807) is 11.3 Å². The predicted molar refractivity (Wildman–Crippen MR) is 106 cm³/mol. The molecule has 0 atom stereocenters. The molecule has 0 saturated heterocycles. The minimum atomic E-state index is 0.238. The van der Waals surface area contributed by atoms with Crippen LogP contribution in [0.25, 0.3) is 16.2 Å². The maximum absolute atomic E-state index is 13.1. The van der Waals surface area contributed by atoms with E-state index in [0.717, 1.165) is 34.8 Å². The summed E-state index contributed by atoms with van der Waals surface area (Å²) in [6, 6.07) is 10.9. The maximum atomic E-state index is 13.1. The summed E-state index contributed by atoms with van der Waals surface area (Å²) in [5, 5.41) is 2.07. The highest BCUT2D eigenvalue weighted by Crippen LogP contribution is 2.27. The summed E-state index contributed by atoms with van der Waals surface area (Å²) >= 11 is 1.60. The van der Waals surface area contributed by atoms with Gasteiger partial charge in [0.1, 0.15) is 0 Å². The lowest BCUT2D eigenvalue weighted by atomic mass is 10.1. The number of amides is 1. The van der Waals surface area contributed by atoms with Gasteiger partial charge in [0.05, 0.1) is 12.1 Å². The van der Waals surface area contributed by atoms with Crippen LogP contribution in [0, 0.1) is 0 Å². The Bertz CT molecular complexity index is 891. The zero-order valence-electron chi connectivity index (χ0n) is 15.4. The second-order valence-electron chi connectivity index (χ2n) is 7.38. The molecule has 1 fully saturated rings. The molecule has 0 unspecified atom stereocenters. The Hall–Kier alpha value is -2.14. The van der Waals surface area contributed by atoms with E-state index in [-0.39, 0.29) is 11.9 Å². The molecule has 26 heavy (non-hydrogen) atoms. The van der Waals surface area contributed by atoms with Crippen molar-refractivity contribution >= 4 is 22.2 Å². The van der Waals surface area contributed by atoms with Gasteiger partial charge in [-0.3, -0.25) is 9.20 Å². The van der Waals surface area contributed by atoms with Gasteiger partial charge in [0.2, 0.25) is 5.91 Å². The molecule has 1 aliphatic carbocycles. The van der Waals surface area contributed by atoms with Crippen LogP contribution in [-0.2, 0) is 11.2 Å². The Kier molecular flexibility index (Phi) is 4.81. The van der Waals surface area contributed by atoms with Crippen LogP contribution < -0.4 is 0 Å². The Morgan fingerprint density at radius 3 is 2.69 bits per heavy atom. The van der Waals surface area contributed by atoms with Gasteiger partial charge in [0.15, 0.2) is 4.96 Å². The molecule has 1 saturated carbocycles. The standard InChI is InChI=1S/C21H25N3OS/c1-15(2)24(17-10-6-7-11-17)20(25)12-18-14-26-21-22-19(13-23(18)21)16-8-4-3-5-9-16/h3-5,8-9,13-15,17H,6-7,10-12H2,1-2H3. The fourth-order valence-electron chi connectivity index (χ4n) is 4.05. The monoisotopic (exact) mass is 367 g/mol. The Labute approximate surface area is 158 Å². The lowest BCUT2D eigenvalue weighted by Crippen LogP contribution is -2.44. The highest BCUT2D eigenvalue weighted by Gasteiger charge is 2.29. The molecule has 0 N–H and O–H groups in total. The van der Waals surface area contributed by atoms with E-state index in [1.165, 1.54) is 12.8 Å². The minimum absolute atomic E-state index is 0.238. The average Bonchev–Trinajstić information content (AvgIpc) is 3.34. The van der Waals surface area contributed by atoms with Crippen molar-refractivity contribution in [1.82, 2.24) is 14.3 Å². The van der Waals surface area contributed by atoms with Gasteiger partial charge in [-0.25, -0.2) is 4.98 Å². The molecular weight excluding hydrogens is 342 g/mol. The molecule has 1 amide bonds. The van der Waals surface area contributed by atoms with Gasteiger partial charge in [0, 0.05) is 34.9 Å². The number of nitrogens with zero attached hydrogens (tertiary/aromatic N) is 3. The van der Waals surface area contributed by atoms with Crippen LogP contribution in [0.2, 0.25) is 0 Å². The highest BCUT2D eigenvalue weighted by atomic mass is 32.1. The van der Waals surface area contributed by atoms with Crippen molar-refractivity contribution in [2.75, 3.05) is 0 Å². The molecule has 0 radical (unpaired) electrons. The third-order valence-electron chi connectivity index (χ3n) is 5.25. The van der Waals surface area contributed by atoms with E-state index in [2.05, 4.69) is 46.9 Å². The van der Waals surface area contributed by atoms with Gasteiger partial charge in [0.25, 0.3) is 0 Å². The van der Waals surface area contributed by atoms with Crippen LogP contribution in [-0.4, -0.2) is 32.3 Å². The van der Waals surface area contributed by atoms with Crippen LogP contribution in [0.5, 0.6) is 0 Å². The summed E-state index contributed by atoms with van der Waals surface area (Å²) in [5.74, 6) is 0.238. The molecule has 5 heteroatoms. The number of carbonyl (C=O) groups is 1. The van der Waals surface area contributed by atoms with Crippen LogP contribution >= 0.6 is 11.3 Å². The van der Waals surface area contributed by atoms with E-state index < -0.39 is 0 Å². The van der Waals surface area contributed by atoms with Gasteiger partial charge in [-0.1, -0.05) is 43.2 Å². The topological polar surface area (TPSA) is 37.6 Å². The summed E-state index contributed by atoms with van der Waals surface area (Å²) < 4.78 is 2.08. The third-order valence-corrected chi connectivity index (χ3v) is 6.14. The molecule has 4 nitrogen and oxygen atoms in total. The predicted octanol–water partition coefficient (Wildman–Crippen LogP) is 4.78. The number of carbonyl (C=O) groups excluding carboxylic acids is 1. The van der Waals surface area contributed by atoms with E-state index >= 15 is 0 Å². The fraction of sp³-hybridized carbons (Fsp3) is 0.429. The summed E-state index contributed by atoms with van der Waals surface area (Å²) in [5.41, 5.74) is 3.10. The van der Waals surface area contributed by atoms with Crippen molar-refractivity contribution < 1.29 is 4.79 Å². The summed E-state index contributed by atoms with van der Waals surface area (Å²) in [4.78, 5) is 20.8. The number of aromatic nitrogens is 2. The van der Waals surface area contributed by atoms with Crippen molar-refractivity contribution in [3.8, 4) is 11.3 Å². The molecule has 3 aromatic rings. The first kappa shape index (κ1) is 17.3. The Morgan fingerprint density at radius 2 is 2.00 bits per heavy atom. The van der Waals surface area contributed by atoms with Crippen LogP contribution in [0.4, 0.5) is 0 Å². The number of fused-ring (bicyclic) bond motifs is 1. The number of thiazole rings is 1. The van der Waals surface area contributed by atoms with E-state index in [0.29, 0.717) is 12.5 Å². The Balaban J connectivity index is 1.58. The fourth-order valence-corrected chi connectivity index (χ4v) is 4.92. The smallest absolute Gasteiger partial charge is 0.229 e. The van der Waals surface area contributed by atoms with Crippen molar-refractivity contribution in [3.63, 3.8) is 0 Å². The van der Waals surface area contributed by atoms with Gasteiger partial charge in [-0.15, -0.1) is 11.3 Å². The molecule has 4 rings (SSSR count). The Morgan fingerprint density at radius 1 is 1.27 bits per heavy atom. The number of imidazole rings is 1. The largest absolute Gasteiger partial charge is 0.337 e. The maximum Gasteiger partial charge on any atom is 0.229 e. The molecule has 0 bridgehead atoms. The second-order valence-corrected chi connectivity index (χ2v) is 8.22. The molecule has 1 aromatic carbocycles. The van der Waals surface area contributed by atoms with E-state index in [4.69, 9.17) is 4.98 Å². The number of hydrogen-bond acceptors (Lipinski definition) is 3. The quantitative estimate of drug-likeness (QED) is 0.650. The first-order valence-electron chi connectivity index (χ1n) is 9.45. The van der Waals surface area contributed by atoms with Crippen molar-refractivity contribution in [1.29, 1.82) is 0 Å². The first-order chi connectivity index (χ1) is 12.6. The van der Waals surface area contributed by atoms with Gasteiger partial charge in [-0.2, -0.15) is 0 Å². The SMILES string of the molecule is CC(C)N(C(=O)Cc1csc2nc(-c3ccccc3)cn12)C1CCCC1. The first-order valence-corrected chi connectivity index (χ1v) is 10.3. The average molecular weight is 368 g/mol. The van der Waals surface area contributed by atoms with Gasteiger partial charge in [-0.05, 0) is 26.7 Å². The zero-order chi connectivity index (χ0) is 18.1. The molecular formula is C21H25N3OS. The lowest BCUT2D eigenvalue weighted by Gasteiger charge is -2.32. The second kappa shape index (κ2) is 7.23. The number of benzene rings is 1. The normalized spacial score (nSPS) is 15.2. The highest BCUT2D eigenvalue weighted by molar-refractivity contribution is 7.15. The van der Waals surface area contributed by atoms with Crippen LogP contribution in [0.15, 0.2) is 41.9 Å². The summed E-state index contributed by atoms with van der Waals surface area (Å²) in [7, 11) is 0. The van der Waals surface area contributed by atoms with Crippen LogP contribution in [0.1, 0.15) is 45.2 Å². The summed E-state index contributed by atoms with van der Waals surface area (Å²) in [6.07, 6.45) is 7.27. The van der Waals surface area contributed by atoms with E-state index in [9.17, 15) is 4.79 Å². The number of rotatable bonds is 5. The van der Waals surface area contributed by atoms with Gasteiger partial charge < -0.3 is 4.90 Å². The molecule has 1 aliphatic rings. The number of hydrogen-bond donors (Lipinski definition) is 0. The molecule has 0 aliphatic heterocycles. The van der Waals surface area contributed by atoms with Crippen LogP contribution in [0.3, 0.4) is 0 Å². The molecule has 2 aromatic heterocycles. The van der Waals surface area contributed by atoms with Crippen molar-refractivity contribution in [3.05, 3.63) is 47.6 Å². The molecule has 0 spiro atoms. The van der Waals surface area contributed by atoms with Crippen molar-refractivity contribution in [2.24, 2.45) is 0 Å². The minimum Gasteiger partial charge on any atom is -0.337 e. The van der Waals surface area contributed by atoms with E-state index in [1.807, 2.05) is 18.2 Å². The molecule has 136 valence electrons. The summed E-state index contributed by atoms with van der Waals surface area (Å²) in [6.45, 7) is 4.26. The van der Waals surface area contributed by atoms with Gasteiger partial charge >= 0.3 is 0 Å².